The fourth-order valence-electron chi connectivity index (χ4n) is 2.03. The summed E-state index contributed by atoms with van der Waals surface area (Å²) in [5.41, 5.74) is 2.58. The van der Waals surface area contributed by atoms with E-state index in [4.69, 9.17) is 4.43 Å². The van der Waals surface area contributed by atoms with Crippen molar-refractivity contribution in [1.82, 2.24) is 4.57 Å². The second kappa shape index (κ2) is 6.01. The molecule has 0 aliphatic carbocycles. The molecule has 100 valence electrons. The predicted molar refractivity (Wildman–Crippen MR) is 72.6 cm³/mol. The summed E-state index contributed by atoms with van der Waals surface area (Å²) in [4.78, 5) is 23.6. The maximum Gasteiger partial charge on any atom is 0.472 e. The molecule has 1 aromatic carbocycles. The molecule has 1 aliphatic heterocycles. The van der Waals surface area contributed by atoms with Crippen LogP contribution >= 0.6 is 0 Å². The molecule has 0 atom stereocenters. The first-order valence-electron chi connectivity index (χ1n) is 6.43. The standard InChI is InChI=1S/C14H17NO3Si/c1-10-6-5-7-12(11(10)2)14(17)18-19-15-9-4-3-8-13(15)16/h5-7H,3-4,8-9H2,1-2H3. The van der Waals surface area contributed by atoms with Gasteiger partial charge >= 0.3 is 15.9 Å². The lowest BCUT2D eigenvalue weighted by Crippen LogP contribution is -2.40. The molecule has 0 unspecified atom stereocenters. The van der Waals surface area contributed by atoms with Crippen molar-refractivity contribution < 1.29 is 14.0 Å². The van der Waals surface area contributed by atoms with Crippen LogP contribution in [0, 0.1) is 13.8 Å². The van der Waals surface area contributed by atoms with Gasteiger partial charge in [0.15, 0.2) is 0 Å². The Morgan fingerprint density at radius 1 is 1.32 bits per heavy atom. The van der Waals surface area contributed by atoms with Gasteiger partial charge in [-0.1, -0.05) is 12.1 Å². The molecular formula is C14H17NO3Si. The second-order valence-corrected chi connectivity index (χ2v) is 5.66. The van der Waals surface area contributed by atoms with Gasteiger partial charge in [-0.05, 0) is 43.9 Å². The first-order chi connectivity index (χ1) is 9.09. The van der Waals surface area contributed by atoms with E-state index in [1.807, 2.05) is 26.0 Å². The molecule has 0 N–H and O–H groups in total. The van der Waals surface area contributed by atoms with E-state index in [1.165, 1.54) is 0 Å². The van der Waals surface area contributed by atoms with Gasteiger partial charge in [-0.25, -0.2) is 4.79 Å². The Kier molecular flexibility index (Phi) is 4.37. The van der Waals surface area contributed by atoms with Crippen LogP contribution in [0.5, 0.6) is 0 Å². The molecule has 4 nitrogen and oxygen atoms in total. The molecule has 1 fully saturated rings. The molecule has 1 aromatic rings. The van der Waals surface area contributed by atoms with Gasteiger partial charge in [0.2, 0.25) is 5.91 Å². The van der Waals surface area contributed by atoms with Crippen LogP contribution < -0.4 is 0 Å². The summed E-state index contributed by atoms with van der Waals surface area (Å²) in [6.07, 6.45) is 2.48. The number of amides is 1. The maximum absolute atomic E-state index is 12.0. The fourth-order valence-corrected chi connectivity index (χ4v) is 2.79. The highest BCUT2D eigenvalue weighted by Gasteiger charge is 2.22. The number of aryl methyl sites for hydroxylation is 1. The largest absolute Gasteiger partial charge is 0.492 e. The first-order valence-corrected chi connectivity index (χ1v) is 7.28. The summed E-state index contributed by atoms with van der Waals surface area (Å²) in [5, 5.41) is 0. The van der Waals surface area contributed by atoms with E-state index < -0.39 is 0 Å². The van der Waals surface area contributed by atoms with Crippen molar-refractivity contribution >= 4 is 21.8 Å². The number of rotatable bonds is 3. The topological polar surface area (TPSA) is 46.6 Å². The molecule has 19 heavy (non-hydrogen) atoms. The van der Waals surface area contributed by atoms with Crippen molar-refractivity contribution in [1.29, 1.82) is 0 Å². The van der Waals surface area contributed by atoms with Crippen LogP contribution in [-0.2, 0) is 9.22 Å². The van der Waals surface area contributed by atoms with Crippen LogP contribution in [0.2, 0.25) is 0 Å². The van der Waals surface area contributed by atoms with Crippen LogP contribution in [0.4, 0.5) is 0 Å². The Morgan fingerprint density at radius 3 is 2.84 bits per heavy atom. The van der Waals surface area contributed by atoms with Gasteiger partial charge in [-0.3, -0.25) is 4.79 Å². The van der Waals surface area contributed by atoms with Crippen molar-refractivity contribution in [2.24, 2.45) is 0 Å². The predicted octanol–water partition coefficient (Wildman–Crippen LogP) is 2.01. The van der Waals surface area contributed by atoms with Crippen molar-refractivity contribution in [2.75, 3.05) is 6.54 Å². The lowest BCUT2D eigenvalue weighted by molar-refractivity contribution is -0.128. The van der Waals surface area contributed by atoms with E-state index in [1.54, 1.807) is 10.6 Å². The zero-order chi connectivity index (χ0) is 13.8. The van der Waals surface area contributed by atoms with Crippen molar-refractivity contribution in [2.45, 2.75) is 33.1 Å². The smallest absolute Gasteiger partial charge is 0.472 e. The summed E-state index contributed by atoms with van der Waals surface area (Å²) in [6, 6.07) is 5.56. The second-order valence-electron chi connectivity index (χ2n) is 4.73. The lowest BCUT2D eigenvalue weighted by Gasteiger charge is -2.24. The molecule has 1 aliphatic rings. The number of hydrogen-bond donors (Lipinski definition) is 0. The molecule has 0 spiro atoms. The minimum absolute atomic E-state index is 0.0818. The summed E-state index contributed by atoms with van der Waals surface area (Å²) in [7, 11) is -0.205. The average Bonchev–Trinajstić information content (AvgIpc) is 2.40. The molecule has 2 radical (unpaired) electrons. The van der Waals surface area contributed by atoms with E-state index in [0.29, 0.717) is 18.5 Å². The monoisotopic (exact) mass is 275 g/mol. The van der Waals surface area contributed by atoms with Crippen molar-refractivity contribution in [3.05, 3.63) is 34.9 Å². The van der Waals surface area contributed by atoms with E-state index >= 15 is 0 Å². The minimum atomic E-state index is -0.349. The van der Waals surface area contributed by atoms with E-state index in [2.05, 4.69) is 0 Å². The molecule has 0 aromatic heterocycles. The number of hydrogen-bond acceptors (Lipinski definition) is 3. The summed E-state index contributed by atoms with van der Waals surface area (Å²) in [6.45, 7) is 4.56. The van der Waals surface area contributed by atoms with Gasteiger partial charge in [-0.2, -0.15) is 0 Å². The SMILES string of the molecule is Cc1cccc(C(=O)O[Si]N2CCCCC2=O)c1C. The Bertz CT molecular complexity index is 501. The zero-order valence-electron chi connectivity index (χ0n) is 11.2. The van der Waals surface area contributed by atoms with E-state index in [0.717, 1.165) is 24.0 Å². The van der Waals surface area contributed by atoms with Gasteiger partial charge in [0, 0.05) is 13.0 Å². The third-order valence-electron chi connectivity index (χ3n) is 3.40. The van der Waals surface area contributed by atoms with Gasteiger partial charge in [0.25, 0.3) is 0 Å². The van der Waals surface area contributed by atoms with Crippen LogP contribution in [0.1, 0.15) is 40.7 Å². The van der Waals surface area contributed by atoms with Gasteiger partial charge < -0.3 is 8.99 Å². The molecule has 2 rings (SSSR count). The Balaban J connectivity index is 1.97. The van der Waals surface area contributed by atoms with Crippen LogP contribution in [0.3, 0.4) is 0 Å². The Hall–Kier alpha value is -1.62. The number of benzene rings is 1. The highest BCUT2D eigenvalue weighted by Crippen LogP contribution is 2.14. The summed E-state index contributed by atoms with van der Waals surface area (Å²) >= 11 is 0. The maximum atomic E-state index is 12.0. The van der Waals surface area contributed by atoms with E-state index in [-0.39, 0.29) is 21.8 Å². The zero-order valence-corrected chi connectivity index (χ0v) is 12.2. The summed E-state index contributed by atoms with van der Waals surface area (Å²) < 4.78 is 6.90. The van der Waals surface area contributed by atoms with Crippen LogP contribution in [-0.4, -0.2) is 32.9 Å². The van der Waals surface area contributed by atoms with E-state index in [9.17, 15) is 9.59 Å². The highest BCUT2D eigenvalue weighted by atomic mass is 28.2. The lowest BCUT2D eigenvalue weighted by atomic mass is 10.0. The van der Waals surface area contributed by atoms with Crippen LogP contribution in [0.25, 0.3) is 0 Å². The van der Waals surface area contributed by atoms with Gasteiger partial charge in [0.05, 0.1) is 5.56 Å². The van der Waals surface area contributed by atoms with Crippen molar-refractivity contribution in [3.8, 4) is 0 Å². The Labute approximate surface area is 115 Å². The number of piperidine rings is 1. The third kappa shape index (κ3) is 3.23. The number of nitrogens with zero attached hydrogens (tertiary/aromatic N) is 1. The number of carbonyl (C=O) groups excluding carboxylic acids is 2. The molecule has 0 saturated carbocycles. The van der Waals surface area contributed by atoms with Crippen molar-refractivity contribution in [3.63, 3.8) is 0 Å². The fraction of sp³-hybridized carbons (Fsp3) is 0.429. The van der Waals surface area contributed by atoms with Crippen LogP contribution in [0.15, 0.2) is 18.2 Å². The molecule has 1 heterocycles. The van der Waals surface area contributed by atoms with Gasteiger partial charge in [-0.15, -0.1) is 0 Å². The first kappa shape index (κ1) is 13.8. The normalized spacial score (nSPS) is 15.5. The van der Waals surface area contributed by atoms with Gasteiger partial charge in [0.1, 0.15) is 0 Å². The summed E-state index contributed by atoms with van der Waals surface area (Å²) in [5.74, 6) is -0.267. The third-order valence-corrected chi connectivity index (χ3v) is 4.37. The Morgan fingerprint density at radius 2 is 2.11 bits per heavy atom. The number of carbonyl (C=O) groups is 2. The molecule has 1 amide bonds. The molecule has 0 bridgehead atoms. The molecular weight excluding hydrogens is 258 g/mol. The molecule has 1 saturated heterocycles. The molecule has 5 heteroatoms. The quantitative estimate of drug-likeness (QED) is 0.793. The average molecular weight is 275 g/mol. The minimum Gasteiger partial charge on any atom is -0.492 e. The highest BCUT2D eigenvalue weighted by molar-refractivity contribution is 6.33.